The third kappa shape index (κ3) is 3.80. The highest BCUT2D eigenvalue weighted by molar-refractivity contribution is 9.11. The van der Waals surface area contributed by atoms with E-state index in [-0.39, 0.29) is 17.9 Å². The molecule has 0 atom stereocenters. The summed E-state index contributed by atoms with van der Waals surface area (Å²) in [6.07, 6.45) is 5.07. The first-order valence-corrected chi connectivity index (χ1v) is 8.44. The topological polar surface area (TPSA) is 52.8 Å². The van der Waals surface area contributed by atoms with Crippen molar-refractivity contribution in [2.24, 2.45) is 4.99 Å². The second kappa shape index (κ2) is 6.70. The summed E-state index contributed by atoms with van der Waals surface area (Å²) in [5, 5.41) is 19.3. The molecule has 6 heteroatoms. The van der Waals surface area contributed by atoms with Gasteiger partial charge < -0.3 is 10.2 Å². The van der Waals surface area contributed by atoms with Crippen LogP contribution in [0.4, 0.5) is 0 Å². The largest absolute Gasteiger partial charge is 0.506 e. The molecule has 2 rings (SSSR count). The quantitative estimate of drug-likeness (QED) is 0.649. The maximum atomic E-state index is 9.87. The Morgan fingerprint density at radius 3 is 2.37 bits per heavy atom. The zero-order valence-corrected chi connectivity index (χ0v) is 14.9. The summed E-state index contributed by atoms with van der Waals surface area (Å²) in [7, 11) is 0. The van der Waals surface area contributed by atoms with Crippen molar-refractivity contribution in [1.29, 1.82) is 0 Å². The molecule has 19 heavy (non-hydrogen) atoms. The third-order valence-corrected chi connectivity index (χ3v) is 5.33. The van der Waals surface area contributed by atoms with Crippen molar-refractivity contribution in [3.8, 4) is 5.75 Å². The lowest BCUT2D eigenvalue weighted by Crippen LogP contribution is -2.20. The zero-order valence-electron chi connectivity index (χ0n) is 10.1. The SMILES string of the molecule is Oc1c(Br)cc(Br)c(C=NC2CCC(O)CC2)c1Br. The number of nitrogens with zero attached hydrogens (tertiary/aromatic N) is 1. The highest BCUT2D eigenvalue weighted by Gasteiger charge is 2.18. The first kappa shape index (κ1) is 15.5. The van der Waals surface area contributed by atoms with E-state index in [1.807, 2.05) is 0 Å². The van der Waals surface area contributed by atoms with Gasteiger partial charge in [-0.15, -0.1) is 0 Å². The van der Waals surface area contributed by atoms with Gasteiger partial charge in [0.2, 0.25) is 0 Å². The Labute approximate surface area is 137 Å². The van der Waals surface area contributed by atoms with Crippen molar-refractivity contribution >= 4 is 54.0 Å². The van der Waals surface area contributed by atoms with Crippen LogP contribution in [0.15, 0.2) is 24.5 Å². The molecule has 1 aliphatic carbocycles. The van der Waals surface area contributed by atoms with Crippen LogP contribution in [0.5, 0.6) is 5.75 Å². The standard InChI is InChI=1S/C13H14Br3NO2/c14-10-5-11(15)13(19)12(16)9(10)6-17-7-1-3-8(18)4-2-7/h5-8,18-19H,1-4H2. The van der Waals surface area contributed by atoms with Crippen LogP contribution in [0, 0.1) is 0 Å². The fourth-order valence-electron chi connectivity index (χ4n) is 2.10. The summed E-state index contributed by atoms with van der Waals surface area (Å²) in [4.78, 5) is 4.56. The average molecular weight is 456 g/mol. The van der Waals surface area contributed by atoms with Crippen LogP contribution in [-0.2, 0) is 0 Å². The van der Waals surface area contributed by atoms with Gasteiger partial charge in [-0.2, -0.15) is 0 Å². The number of phenols is 1. The molecule has 3 nitrogen and oxygen atoms in total. The van der Waals surface area contributed by atoms with Gasteiger partial charge in [-0.05, 0) is 63.6 Å². The molecule has 0 radical (unpaired) electrons. The molecule has 1 saturated carbocycles. The van der Waals surface area contributed by atoms with Crippen LogP contribution in [0.3, 0.4) is 0 Å². The molecule has 0 spiro atoms. The van der Waals surface area contributed by atoms with Crippen LogP contribution in [0.2, 0.25) is 0 Å². The van der Waals surface area contributed by atoms with Gasteiger partial charge in [0.15, 0.2) is 0 Å². The minimum atomic E-state index is -0.165. The summed E-state index contributed by atoms with van der Waals surface area (Å²) >= 11 is 10.1. The van der Waals surface area contributed by atoms with Crippen LogP contribution >= 0.6 is 47.8 Å². The smallest absolute Gasteiger partial charge is 0.144 e. The van der Waals surface area contributed by atoms with E-state index < -0.39 is 0 Å². The van der Waals surface area contributed by atoms with Gasteiger partial charge in [0, 0.05) is 16.3 Å². The van der Waals surface area contributed by atoms with E-state index >= 15 is 0 Å². The number of aliphatic hydroxyl groups excluding tert-OH is 1. The predicted octanol–water partition coefficient (Wildman–Crippen LogP) is 4.40. The fourth-order valence-corrected chi connectivity index (χ4v) is 4.43. The van der Waals surface area contributed by atoms with Crippen molar-refractivity contribution < 1.29 is 10.2 Å². The lowest BCUT2D eigenvalue weighted by Gasteiger charge is -2.22. The maximum absolute atomic E-state index is 9.87. The van der Waals surface area contributed by atoms with E-state index in [1.165, 1.54) is 0 Å². The number of aliphatic hydroxyl groups is 1. The molecule has 0 bridgehead atoms. The average Bonchev–Trinajstić information content (AvgIpc) is 2.38. The Morgan fingerprint density at radius 2 is 1.74 bits per heavy atom. The number of benzene rings is 1. The van der Waals surface area contributed by atoms with Gasteiger partial charge in [-0.1, -0.05) is 15.9 Å². The molecule has 0 aliphatic heterocycles. The number of halogens is 3. The summed E-state index contributed by atoms with van der Waals surface area (Å²) in [6, 6.07) is 2.06. The molecule has 0 amide bonds. The molecule has 0 unspecified atom stereocenters. The molecular weight excluding hydrogens is 442 g/mol. The Balaban J connectivity index is 2.17. The normalized spacial score (nSPS) is 24.0. The molecule has 0 saturated heterocycles. The number of phenolic OH excluding ortho intramolecular Hbond substituents is 1. The van der Waals surface area contributed by atoms with Crippen molar-refractivity contribution in [2.75, 3.05) is 0 Å². The van der Waals surface area contributed by atoms with Crippen LogP contribution < -0.4 is 0 Å². The van der Waals surface area contributed by atoms with Gasteiger partial charge in [0.25, 0.3) is 0 Å². The number of hydrogen-bond donors (Lipinski definition) is 2. The van der Waals surface area contributed by atoms with Crippen LogP contribution in [0.1, 0.15) is 31.2 Å². The summed E-state index contributed by atoms with van der Waals surface area (Å²) < 4.78 is 2.11. The van der Waals surface area contributed by atoms with Crippen molar-refractivity contribution in [3.05, 3.63) is 25.0 Å². The number of rotatable bonds is 2. The lowest BCUT2D eigenvalue weighted by molar-refractivity contribution is 0.123. The molecule has 1 fully saturated rings. The molecule has 1 aromatic carbocycles. The lowest BCUT2D eigenvalue weighted by atomic mass is 9.93. The van der Waals surface area contributed by atoms with E-state index in [9.17, 15) is 10.2 Å². The summed E-state index contributed by atoms with van der Waals surface area (Å²) in [6.45, 7) is 0. The highest BCUT2D eigenvalue weighted by Crippen LogP contribution is 2.38. The number of aliphatic imine (C=N–C) groups is 1. The molecule has 1 aliphatic rings. The van der Waals surface area contributed by atoms with Gasteiger partial charge in [0.1, 0.15) is 5.75 Å². The van der Waals surface area contributed by atoms with E-state index in [4.69, 9.17) is 0 Å². The van der Waals surface area contributed by atoms with Gasteiger partial charge >= 0.3 is 0 Å². The first-order chi connectivity index (χ1) is 8.99. The molecule has 0 aromatic heterocycles. The van der Waals surface area contributed by atoms with Gasteiger partial charge in [0.05, 0.1) is 21.1 Å². The molecule has 2 N–H and O–H groups in total. The van der Waals surface area contributed by atoms with Crippen LogP contribution in [0.25, 0.3) is 0 Å². The molecular formula is C13H14Br3NO2. The van der Waals surface area contributed by atoms with Gasteiger partial charge in [-0.25, -0.2) is 0 Å². The molecule has 104 valence electrons. The van der Waals surface area contributed by atoms with E-state index in [1.54, 1.807) is 12.3 Å². The van der Waals surface area contributed by atoms with Crippen molar-refractivity contribution in [2.45, 2.75) is 37.8 Å². The number of aromatic hydroxyl groups is 1. The second-order valence-corrected chi connectivity index (χ2v) is 7.16. The summed E-state index contributed by atoms with van der Waals surface area (Å²) in [5.41, 5.74) is 0.826. The maximum Gasteiger partial charge on any atom is 0.144 e. The minimum absolute atomic E-state index is 0.165. The Bertz CT molecular complexity index is 497. The Morgan fingerprint density at radius 1 is 1.11 bits per heavy atom. The molecule has 0 heterocycles. The molecule has 1 aromatic rings. The van der Waals surface area contributed by atoms with E-state index in [2.05, 4.69) is 52.8 Å². The second-order valence-electron chi connectivity index (χ2n) is 4.66. The Kier molecular flexibility index (Phi) is 5.45. The third-order valence-electron chi connectivity index (χ3n) is 3.26. The summed E-state index contributed by atoms with van der Waals surface area (Å²) in [5.74, 6) is 0.170. The van der Waals surface area contributed by atoms with Crippen molar-refractivity contribution in [1.82, 2.24) is 0 Å². The first-order valence-electron chi connectivity index (χ1n) is 6.06. The van der Waals surface area contributed by atoms with Crippen molar-refractivity contribution in [3.63, 3.8) is 0 Å². The monoisotopic (exact) mass is 453 g/mol. The van der Waals surface area contributed by atoms with Gasteiger partial charge in [-0.3, -0.25) is 4.99 Å². The highest BCUT2D eigenvalue weighted by atomic mass is 79.9. The van der Waals surface area contributed by atoms with E-state index in [0.717, 1.165) is 35.7 Å². The predicted molar refractivity (Wildman–Crippen MR) is 87.1 cm³/mol. The van der Waals surface area contributed by atoms with E-state index in [0.29, 0.717) is 8.95 Å². The Hall–Kier alpha value is 0.0900. The zero-order chi connectivity index (χ0) is 14.0. The number of hydrogen-bond acceptors (Lipinski definition) is 3. The minimum Gasteiger partial charge on any atom is -0.506 e. The fraction of sp³-hybridized carbons (Fsp3) is 0.462. The van der Waals surface area contributed by atoms with Crippen LogP contribution in [-0.4, -0.2) is 28.6 Å².